The number of hydrogen-bond acceptors (Lipinski definition) is 2. The van der Waals surface area contributed by atoms with E-state index in [1.54, 1.807) is 6.07 Å². The Hall–Kier alpha value is -0.580. The lowest BCUT2D eigenvalue weighted by Crippen LogP contribution is -2.38. The first-order chi connectivity index (χ1) is 8.80. The first-order valence-electron chi connectivity index (χ1n) is 6.45. The Balaban J connectivity index is 3.19. The molecule has 0 aliphatic carbocycles. The van der Waals surface area contributed by atoms with Gasteiger partial charge in [0.1, 0.15) is 0 Å². The molecular formula is C14H22ClNO2S. The van der Waals surface area contributed by atoms with Gasteiger partial charge in [-0.05, 0) is 45.7 Å². The van der Waals surface area contributed by atoms with Gasteiger partial charge in [0.05, 0.1) is 4.90 Å². The molecule has 108 valence electrons. The Morgan fingerprint density at radius 1 is 1.26 bits per heavy atom. The standard InChI is InChI=1S/C14H22ClNO2S/c1-11(2)16(9-5-8-15)19(17,18)14-7-6-12(3)10-13(14)4/h6-7,10-11H,5,8-9H2,1-4H3. The molecule has 0 heterocycles. The van der Waals surface area contributed by atoms with Crippen molar-refractivity contribution in [2.45, 2.75) is 45.1 Å². The molecular weight excluding hydrogens is 282 g/mol. The van der Waals surface area contributed by atoms with Crippen molar-refractivity contribution in [3.05, 3.63) is 29.3 Å². The van der Waals surface area contributed by atoms with Crippen molar-refractivity contribution >= 4 is 21.6 Å². The van der Waals surface area contributed by atoms with Gasteiger partial charge in [-0.3, -0.25) is 0 Å². The molecule has 19 heavy (non-hydrogen) atoms. The minimum absolute atomic E-state index is 0.0751. The van der Waals surface area contributed by atoms with Crippen LogP contribution >= 0.6 is 11.6 Å². The zero-order valence-electron chi connectivity index (χ0n) is 12.0. The number of halogens is 1. The van der Waals surface area contributed by atoms with E-state index in [0.29, 0.717) is 23.7 Å². The number of benzene rings is 1. The van der Waals surface area contributed by atoms with E-state index in [1.165, 1.54) is 4.31 Å². The summed E-state index contributed by atoms with van der Waals surface area (Å²) in [7, 11) is -3.45. The largest absolute Gasteiger partial charge is 0.243 e. The smallest absolute Gasteiger partial charge is 0.207 e. The summed E-state index contributed by atoms with van der Waals surface area (Å²) in [6.07, 6.45) is 0.657. The molecule has 0 amide bonds. The molecule has 1 aromatic carbocycles. The van der Waals surface area contributed by atoms with Crippen molar-refractivity contribution in [1.29, 1.82) is 0 Å². The molecule has 0 fully saturated rings. The second-order valence-electron chi connectivity index (χ2n) is 5.02. The van der Waals surface area contributed by atoms with Gasteiger partial charge in [-0.15, -0.1) is 11.6 Å². The molecule has 1 aromatic rings. The van der Waals surface area contributed by atoms with Gasteiger partial charge in [-0.1, -0.05) is 17.7 Å². The van der Waals surface area contributed by atoms with E-state index in [4.69, 9.17) is 11.6 Å². The Morgan fingerprint density at radius 3 is 2.37 bits per heavy atom. The quantitative estimate of drug-likeness (QED) is 0.756. The van der Waals surface area contributed by atoms with E-state index in [1.807, 2.05) is 39.8 Å². The summed E-state index contributed by atoms with van der Waals surface area (Å²) < 4.78 is 26.9. The Kier molecular flexibility index (Phi) is 5.83. The Morgan fingerprint density at radius 2 is 1.89 bits per heavy atom. The second-order valence-corrected chi connectivity index (χ2v) is 7.26. The first kappa shape index (κ1) is 16.5. The van der Waals surface area contributed by atoms with Crippen molar-refractivity contribution in [2.24, 2.45) is 0 Å². The zero-order chi connectivity index (χ0) is 14.6. The number of sulfonamides is 1. The van der Waals surface area contributed by atoms with Crippen LogP contribution in [0.4, 0.5) is 0 Å². The highest BCUT2D eigenvalue weighted by molar-refractivity contribution is 7.89. The maximum Gasteiger partial charge on any atom is 0.243 e. The van der Waals surface area contributed by atoms with Crippen LogP contribution in [-0.4, -0.2) is 31.2 Å². The molecule has 0 spiro atoms. The van der Waals surface area contributed by atoms with Gasteiger partial charge in [0, 0.05) is 18.5 Å². The zero-order valence-corrected chi connectivity index (χ0v) is 13.6. The lowest BCUT2D eigenvalue weighted by molar-refractivity contribution is 0.354. The van der Waals surface area contributed by atoms with Gasteiger partial charge >= 0.3 is 0 Å². The third-order valence-corrected chi connectivity index (χ3v) is 5.51. The van der Waals surface area contributed by atoms with E-state index < -0.39 is 10.0 Å². The molecule has 0 atom stereocenters. The second kappa shape index (κ2) is 6.73. The molecule has 0 unspecified atom stereocenters. The van der Waals surface area contributed by atoms with E-state index >= 15 is 0 Å². The van der Waals surface area contributed by atoms with Gasteiger partial charge in [-0.2, -0.15) is 4.31 Å². The summed E-state index contributed by atoms with van der Waals surface area (Å²) in [6, 6.07) is 5.34. The van der Waals surface area contributed by atoms with Crippen LogP contribution in [0.25, 0.3) is 0 Å². The highest BCUT2D eigenvalue weighted by Gasteiger charge is 2.27. The van der Waals surface area contributed by atoms with Gasteiger partial charge in [0.15, 0.2) is 0 Å². The van der Waals surface area contributed by atoms with Gasteiger partial charge in [-0.25, -0.2) is 8.42 Å². The predicted molar refractivity (Wildman–Crippen MR) is 80.3 cm³/mol. The van der Waals surface area contributed by atoms with Crippen molar-refractivity contribution < 1.29 is 8.42 Å². The van der Waals surface area contributed by atoms with Crippen molar-refractivity contribution in [2.75, 3.05) is 12.4 Å². The number of alkyl halides is 1. The molecule has 0 aliphatic rings. The lowest BCUT2D eigenvalue weighted by atomic mass is 10.2. The maximum absolute atomic E-state index is 12.7. The Labute approximate surface area is 121 Å². The molecule has 0 saturated carbocycles. The minimum Gasteiger partial charge on any atom is -0.207 e. The third kappa shape index (κ3) is 3.94. The van der Waals surface area contributed by atoms with Crippen molar-refractivity contribution in [3.8, 4) is 0 Å². The van der Waals surface area contributed by atoms with Gasteiger partial charge in [0.2, 0.25) is 10.0 Å². The van der Waals surface area contributed by atoms with Crippen LogP contribution in [-0.2, 0) is 10.0 Å². The fourth-order valence-corrected chi connectivity index (χ4v) is 4.09. The maximum atomic E-state index is 12.7. The molecule has 1 rings (SSSR count). The van der Waals surface area contributed by atoms with Crippen molar-refractivity contribution in [3.63, 3.8) is 0 Å². The average molecular weight is 304 g/mol. The number of nitrogens with zero attached hydrogens (tertiary/aromatic N) is 1. The Bertz CT molecular complexity index is 526. The number of rotatable bonds is 6. The van der Waals surface area contributed by atoms with Crippen molar-refractivity contribution in [1.82, 2.24) is 4.31 Å². The van der Waals surface area contributed by atoms with Gasteiger partial charge in [0.25, 0.3) is 0 Å². The molecule has 0 aromatic heterocycles. The van der Waals surface area contributed by atoms with Crippen LogP contribution in [0.1, 0.15) is 31.4 Å². The number of hydrogen-bond donors (Lipinski definition) is 0. The molecule has 3 nitrogen and oxygen atoms in total. The van der Waals surface area contributed by atoms with Crippen LogP contribution < -0.4 is 0 Å². The first-order valence-corrected chi connectivity index (χ1v) is 8.43. The summed E-state index contributed by atoms with van der Waals surface area (Å²) >= 11 is 5.68. The predicted octanol–water partition coefficient (Wildman–Crippen LogP) is 3.33. The van der Waals surface area contributed by atoms with Crippen LogP contribution in [0.5, 0.6) is 0 Å². The minimum atomic E-state index is -3.45. The van der Waals surface area contributed by atoms with Crippen LogP contribution in [0.3, 0.4) is 0 Å². The highest BCUT2D eigenvalue weighted by Crippen LogP contribution is 2.23. The monoisotopic (exact) mass is 303 g/mol. The highest BCUT2D eigenvalue weighted by atomic mass is 35.5. The molecule has 0 saturated heterocycles. The summed E-state index contributed by atoms with van der Waals surface area (Å²) in [5, 5.41) is 0. The lowest BCUT2D eigenvalue weighted by Gasteiger charge is -2.26. The summed E-state index contributed by atoms with van der Waals surface area (Å²) in [5.41, 5.74) is 1.85. The SMILES string of the molecule is Cc1ccc(S(=O)(=O)N(CCCCl)C(C)C)c(C)c1. The van der Waals surface area contributed by atoms with E-state index in [9.17, 15) is 8.42 Å². The summed E-state index contributed by atoms with van der Waals surface area (Å²) in [4.78, 5) is 0.390. The van der Waals surface area contributed by atoms with E-state index in [-0.39, 0.29) is 6.04 Å². The average Bonchev–Trinajstić information content (AvgIpc) is 2.27. The molecule has 0 aliphatic heterocycles. The summed E-state index contributed by atoms with van der Waals surface area (Å²) in [6.45, 7) is 8.01. The van der Waals surface area contributed by atoms with Crippen LogP contribution in [0.2, 0.25) is 0 Å². The van der Waals surface area contributed by atoms with Crippen LogP contribution in [0, 0.1) is 13.8 Å². The van der Waals surface area contributed by atoms with Crippen LogP contribution in [0.15, 0.2) is 23.1 Å². The number of aryl methyl sites for hydroxylation is 2. The molecule has 0 radical (unpaired) electrons. The fourth-order valence-electron chi connectivity index (χ4n) is 2.09. The fraction of sp³-hybridized carbons (Fsp3) is 0.571. The third-order valence-electron chi connectivity index (χ3n) is 3.01. The van der Waals surface area contributed by atoms with E-state index in [2.05, 4.69) is 0 Å². The molecule has 5 heteroatoms. The van der Waals surface area contributed by atoms with Gasteiger partial charge < -0.3 is 0 Å². The molecule has 0 N–H and O–H groups in total. The molecule has 0 bridgehead atoms. The van der Waals surface area contributed by atoms with E-state index in [0.717, 1.165) is 11.1 Å². The normalized spacial score (nSPS) is 12.4. The summed E-state index contributed by atoms with van der Waals surface area (Å²) in [5.74, 6) is 0.464. The topological polar surface area (TPSA) is 37.4 Å².